The molecule has 0 aromatic heterocycles. The number of urea groups is 1. The van der Waals surface area contributed by atoms with Crippen molar-refractivity contribution in [3.8, 4) is 5.75 Å². The summed E-state index contributed by atoms with van der Waals surface area (Å²) in [5, 5.41) is 6.31. The molecule has 0 spiro atoms. The maximum Gasteiger partial charge on any atom is 0.314 e. The number of benzene rings is 2. The van der Waals surface area contributed by atoms with Gasteiger partial charge in [-0.15, -0.1) is 0 Å². The fourth-order valence-corrected chi connectivity index (χ4v) is 2.48. The van der Waals surface area contributed by atoms with Crippen molar-refractivity contribution < 1.29 is 9.53 Å². The molecule has 2 amide bonds. The van der Waals surface area contributed by atoms with Gasteiger partial charge in [0.15, 0.2) is 0 Å². The number of hydrogen-bond donors (Lipinski definition) is 2. The molecule has 128 valence electrons. The number of rotatable bonds is 7. The predicted octanol–water partition coefficient (Wildman–Crippen LogP) is 3.88. The van der Waals surface area contributed by atoms with Gasteiger partial charge in [-0.3, -0.25) is 0 Å². The van der Waals surface area contributed by atoms with Gasteiger partial charge in [0, 0.05) is 11.6 Å². The molecule has 5 heteroatoms. The van der Waals surface area contributed by atoms with Gasteiger partial charge in [-0.1, -0.05) is 35.9 Å². The van der Waals surface area contributed by atoms with E-state index in [2.05, 4.69) is 10.6 Å². The first-order valence-corrected chi connectivity index (χ1v) is 8.38. The van der Waals surface area contributed by atoms with Crippen LogP contribution in [0.4, 0.5) is 4.79 Å². The van der Waals surface area contributed by atoms with Crippen LogP contribution in [-0.2, 0) is 6.42 Å². The first-order chi connectivity index (χ1) is 11.5. The Kier molecular flexibility index (Phi) is 6.94. The zero-order chi connectivity index (χ0) is 17.4. The van der Waals surface area contributed by atoms with Gasteiger partial charge in [0.2, 0.25) is 0 Å². The molecule has 4 nitrogen and oxygen atoms in total. The third-order valence-corrected chi connectivity index (χ3v) is 3.81. The van der Waals surface area contributed by atoms with Crippen LogP contribution in [0.1, 0.15) is 16.7 Å². The standard InChI is InChI=1S/C19H23ClN2O2/c1-14-6-7-15(2)18(12-14)24-11-10-22-19(23)21-9-8-16-4-3-5-17(20)13-16/h3-7,12-13H,8-11H2,1-2H3,(H2,21,22,23). The second-order valence-electron chi connectivity index (χ2n) is 5.68. The van der Waals surface area contributed by atoms with Crippen molar-refractivity contribution in [2.45, 2.75) is 20.3 Å². The first kappa shape index (κ1) is 18.1. The van der Waals surface area contributed by atoms with Crippen molar-refractivity contribution in [2.24, 2.45) is 0 Å². The van der Waals surface area contributed by atoms with E-state index in [-0.39, 0.29) is 6.03 Å². The normalized spacial score (nSPS) is 10.3. The summed E-state index contributed by atoms with van der Waals surface area (Å²) >= 11 is 5.93. The van der Waals surface area contributed by atoms with E-state index in [1.807, 2.05) is 56.3 Å². The number of halogens is 1. The minimum absolute atomic E-state index is 0.193. The lowest BCUT2D eigenvalue weighted by Gasteiger charge is -2.11. The number of hydrogen-bond acceptors (Lipinski definition) is 2. The highest BCUT2D eigenvalue weighted by Crippen LogP contribution is 2.18. The van der Waals surface area contributed by atoms with Gasteiger partial charge in [-0.2, -0.15) is 0 Å². The summed E-state index contributed by atoms with van der Waals surface area (Å²) in [6.07, 6.45) is 0.743. The SMILES string of the molecule is Cc1ccc(C)c(OCCNC(=O)NCCc2cccc(Cl)c2)c1. The van der Waals surface area contributed by atoms with Crippen LogP contribution in [0.5, 0.6) is 5.75 Å². The van der Waals surface area contributed by atoms with Gasteiger partial charge in [0.25, 0.3) is 0 Å². The number of carbonyl (C=O) groups excluding carboxylic acids is 1. The lowest BCUT2D eigenvalue weighted by Crippen LogP contribution is -2.38. The van der Waals surface area contributed by atoms with Crippen LogP contribution < -0.4 is 15.4 Å². The number of ether oxygens (including phenoxy) is 1. The highest BCUT2D eigenvalue weighted by molar-refractivity contribution is 6.30. The van der Waals surface area contributed by atoms with Crippen molar-refractivity contribution in [3.05, 3.63) is 64.2 Å². The first-order valence-electron chi connectivity index (χ1n) is 8.01. The maximum atomic E-state index is 11.7. The lowest BCUT2D eigenvalue weighted by molar-refractivity contribution is 0.236. The van der Waals surface area contributed by atoms with Crippen LogP contribution in [0, 0.1) is 13.8 Å². The molecule has 0 aliphatic heterocycles. The average Bonchev–Trinajstić information content (AvgIpc) is 2.55. The summed E-state index contributed by atoms with van der Waals surface area (Å²) in [5.41, 5.74) is 3.34. The molecule has 0 unspecified atom stereocenters. The molecule has 24 heavy (non-hydrogen) atoms. The largest absolute Gasteiger partial charge is 0.491 e. The van der Waals surface area contributed by atoms with E-state index >= 15 is 0 Å². The number of amides is 2. The highest BCUT2D eigenvalue weighted by atomic mass is 35.5. The number of nitrogens with one attached hydrogen (secondary N) is 2. The van der Waals surface area contributed by atoms with Crippen molar-refractivity contribution >= 4 is 17.6 Å². The van der Waals surface area contributed by atoms with Gasteiger partial charge in [0.05, 0.1) is 6.54 Å². The van der Waals surface area contributed by atoms with E-state index in [1.54, 1.807) is 0 Å². The Balaban J connectivity index is 1.62. The highest BCUT2D eigenvalue weighted by Gasteiger charge is 2.02. The monoisotopic (exact) mass is 346 g/mol. The van der Waals surface area contributed by atoms with Crippen LogP contribution in [-0.4, -0.2) is 25.7 Å². The fourth-order valence-electron chi connectivity index (χ4n) is 2.26. The number of carbonyl (C=O) groups is 1. The molecule has 0 radical (unpaired) electrons. The minimum atomic E-state index is -0.193. The average molecular weight is 347 g/mol. The van der Waals surface area contributed by atoms with E-state index in [0.29, 0.717) is 24.7 Å². The maximum absolute atomic E-state index is 11.7. The Morgan fingerprint density at radius 2 is 1.88 bits per heavy atom. The summed E-state index contributed by atoms with van der Waals surface area (Å²) < 4.78 is 5.70. The Labute approximate surface area is 148 Å². The van der Waals surface area contributed by atoms with Crippen LogP contribution in [0.15, 0.2) is 42.5 Å². The molecule has 0 heterocycles. The molecule has 0 atom stereocenters. The van der Waals surface area contributed by atoms with Crippen molar-refractivity contribution in [1.29, 1.82) is 0 Å². The zero-order valence-electron chi connectivity index (χ0n) is 14.1. The molecular formula is C19H23ClN2O2. The van der Waals surface area contributed by atoms with Crippen LogP contribution in [0.3, 0.4) is 0 Å². The van der Waals surface area contributed by atoms with Crippen LogP contribution >= 0.6 is 11.6 Å². The van der Waals surface area contributed by atoms with Crippen molar-refractivity contribution in [2.75, 3.05) is 19.7 Å². The molecule has 2 aromatic rings. The van der Waals surface area contributed by atoms with E-state index in [4.69, 9.17) is 16.3 Å². The molecule has 2 aromatic carbocycles. The minimum Gasteiger partial charge on any atom is -0.491 e. The van der Waals surface area contributed by atoms with Crippen LogP contribution in [0.25, 0.3) is 0 Å². The lowest BCUT2D eigenvalue weighted by atomic mass is 10.1. The zero-order valence-corrected chi connectivity index (χ0v) is 14.8. The summed E-state index contributed by atoms with van der Waals surface area (Å²) in [6.45, 7) is 5.48. The summed E-state index contributed by atoms with van der Waals surface area (Å²) in [6, 6.07) is 13.5. The van der Waals surface area contributed by atoms with E-state index in [9.17, 15) is 4.79 Å². The quantitative estimate of drug-likeness (QED) is 0.747. The summed E-state index contributed by atoms with van der Waals surface area (Å²) in [5.74, 6) is 0.859. The van der Waals surface area contributed by atoms with E-state index in [0.717, 1.165) is 28.9 Å². The third kappa shape index (κ3) is 6.13. The molecule has 0 aliphatic carbocycles. The van der Waals surface area contributed by atoms with Gasteiger partial charge in [-0.05, 0) is 55.2 Å². The van der Waals surface area contributed by atoms with Gasteiger partial charge >= 0.3 is 6.03 Å². The van der Waals surface area contributed by atoms with Crippen molar-refractivity contribution in [1.82, 2.24) is 10.6 Å². The molecule has 0 saturated heterocycles. The number of aryl methyl sites for hydroxylation is 2. The second-order valence-corrected chi connectivity index (χ2v) is 6.12. The molecule has 0 fully saturated rings. The van der Waals surface area contributed by atoms with Gasteiger partial charge < -0.3 is 15.4 Å². The Hall–Kier alpha value is -2.20. The van der Waals surface area contributed by atoms with Gasteiger partial charge in [0.1, 0.15) is 12.4 Å². The van der Waals surface area contributed by atoms with E-state index in [1.165, 1.54) is 0 Å². The molecule has 0 bridgehead atoms. The van der Waals surface area contributed by atoms with Crippen molar-refractivity contribution in [3.63, 3.8) is 0 Å². The summed E-state index contributed by atoms with van der Waals surface area (Å²) in [7, 11) is 0. The topological polar surface area (TPSA) is 50.4 Å². The Bertz CT molecular complexity index is 689. The second kappa shape index (κ2) is 9.18. The third-order valence-electron chi connectivity index (χ3n) is 3.58. The van der Waals surface area contributed by atoms with Crippen LogP contribution in [0.2, 0.25) is 5.02 Å². The molecule has 2 N–H and O–H groups in total. The fraction of sp³-hybridized carbons (Fsp3) is 0.316. The predicted molar refractivity (Wildman–Crippen MR) is 98.0 cm³/mol. The summed E-state index contributed by atoms with van der Waals surface area (Å²) in [4.78, 5) is 11.7. The smallest absolute Gasteiger partial charge is 0.314 e. The molecule has 2 rings (SSSR count). The Morgan fingerprint density at radius 1 is 1.08 bits per heavy atom. The molecular weight excluding hydrogens is 324 g/mol. The van der Waals surface area contributed by atoms with E-state index < -0.39 is 0 Å². The molecule has 0 aliphatic rings. The van der Waals surface area contributed by atoms with Gasteiger partial charge in [-0.25, -0.2) is 4.79 Å². The molecule has 0 saturated carbocycles. The Morgan fingerprint density at radius 3 is 2.67 bits per heavy atom.